The molecule has 0 amide bonds. The summed E-state index contributed by atoms with van der Waals surface area (Å²) in [7, 11) is 0. The average molecular weight is 1080 g/mol. The van der Waals surface area contributed by atoms with Crippen molar-refractivity contribution in [2.75, 3.05) is 0 Å². The van der Waals surface area contributed by atoms with E-state index in [4.69, 9.17) is 13.5 Å². The van der Waals surface area contributed by atoms with Crippen LogP contribution in [0.5, 0.6) is 0 Å². The van der Waals surface area contributed by atoms with Crippen LogP contribution in [0.4, 0.5) is 0 Å². The van der Waals surface area contributed by atoms with E-state index in [1.54, 1.807) is 24.4 Å². The molecule has 8 aromatic carbocycles. The zero-order chi connectivity index (χ0) is 52.5. The first-order chi connectivity index (χ1) is 35.8. The van der Waals surface area contributed by atoms with Gasteiger partial charge in [0.2, 0.25) is 0 Å². The maximum atomic E-state index is 9.89. The van der Waals surface area contributed by atoms with Gasteiger partial charge in [-0.15, -0.1) is 5.39 Å². The van der Waals surface area contributed by atoms with Crippen molar-refractivity contribution in [2.45, 2.75) is 58.7 Å². The third kappa shape index (κ3) is 7.70. The molecule has 12 aromatic rings. The first kappa shape index (κ1) is 36.7. The van der Waals surface area contributed by atoms with Crippen LogP contribution < -0.4 is 4.57 Å². The van der Waals surface area contributed by atoms with Gasteiger partial charge in [0, 0.05) is 40.9 Å². The Morgan fingerprint density at radius 2 is 1.29 bits per heavy atom. The van der Waals surface area contributed by atoms with Gasteiger partial charge in [0.15, 0.2) is 0 Å². The molecule has 0 spiro atoms. The minimum absolute atomic E-state index is 0. The van der Waals surface area contributed by atoms with Gasteiger partial charge in [-0.05, 0) is 79.9 Å². The fraction of sp³-hybridized carbons (Fsp3) is 0.143. The minimum atomic E-state index is -2.10. The largest absolute Gasteiger partial charge is 0.456 e. The number of pyridine rings is 1. The third-order valence-corrected chi connectivity index (χ3v) is 12.9. The monoisotopic (exact) mass is 1080 g/mol. The molecular weight excluding hydrogens is 1020 g/mol. The number of benzene rings is 8. The van der Waals surface area contributed by atoms with Gasteiger partial charge in [0.05, 0.1) is 29.0 Å². The summed E-state index contributed by atoms with van der Waals surface area (Å²) in [5, 5.41) is 3.65. The van der Waals surface area contributed by atoms with Gasteiger partial charge in [0.25, 0.3) is 6.33 Å². The molecule has 0 aliphatic carbocycles. The van der Waals surface area contributed by atoms with Gasteiger partial charge in [0.1, 0.15) is 17.0 Å². The standard InChI is InChI=1S/C63H50N4O.Pt/c1-62(2,3)45-37-44(38-46(39-45)63(4,5)6)49-25-17-24-48(43-19-8-7-9-20-43)60(49)66-40-65(54-27-13-14-28-55(54)66)47-21-16-18-41(35-47)34-42-30-31-51-50-22-10-12-26-53(50)67(56(51)36-42)61-59-52-23-11-15-29-57(52)68-58(59)32-33-64-61;/h7-33,37-39H,34H2,1-6H3;/q-2;/i7D,8D,9D,19D,20D,34D2;. The second kappa shape index (κ2) is 17.0. The molecular formula is C63H50N4OPt-2. The Balaban J connectivity index is 0.00000616. The molecule has 0 N–H and O–H groups in total. The summed E-state index contributed by atoms with van der Waals surface area (Å²) in [5.74, 6) is 0.655. The van der Waals surface area contributed by atoms with Gasteiger partial charge >= 0.3 is 0 Å². The number of fused-ring (bicyclic) bond motifs is 7. The second-order valence-electron chi connectivity index (χ2n) is 19.4. The number of hydrogen-bond donors (Lipinski definition) is 0. The summed E-state index contributed by atoms with van der Waals surface area (Å²) in [4.78, 5) is 4.94. The quantitative estimate of drug-likeness (QED) is 0.118. The number of nitrogens with zero attached hydrogens (tertiary/aromatic N) is 4. The zero-order valence-electron chi connectivity index (χ0n) is 45.9. The van der Waals surface area contributed by atoms with Crippen molar-refractivity contribution >= 4 is 54.8 Å². The van der Waals surface area contributed by atoms with E-state index in [-0.39, 0.29) is 55.1 Å². The van der Waals surface area contributed by atoms with E-state index < -0.39 is 24.5 Å². The van der Waals surface area contributed by atoms with Gasteiger partial charge < -0.3 is 13.6 Å². The van der Waals surface area contributed by atoms with E-state index in [0.717, 1.165) is 60.4 Å². The van der Waals surface area contributed by atoms with Crippen molar-refractivity contribution in [2.24, 2.45) is 0 Å². The Hall–Kier alpha value is -7.33. The number of furan rings is 1. The van der Waals surface area contributed by atoms with E-state index in [1.165, 1.54) is 0 Å². The number of hydrogen-bond acceptors (Lipinski definition) is 2. The van der Waals surface area contributed by atoms with Crippen LogP contribution in [-0.2, 0) is 38.3 Å². The molecule has 0 atom stereocenters. The van der Waals surface area contributed by atoms with Crippen LogP contribution in [0.2, 0.25) is 0 Å². The summed E-state index contributed by atoms with van der Waals surface area (Å²) in [6, 6.07) is 52.1. The average Bonchev–Trinajstić information content (AvgIpc) is 4.11. The fourth-order valence-corrected chi connectivity index (χ4v) is 9.47. The van der Waals surface area contributed by atoms with E-state index in [0.29, 0.717) is 44.9 Å². The third-order valence-electron chi connectivity index (χ3n) is 12.9. The molecule has 0 aliphatic rings. The Labute approximate surface area is 427 Å². The van der Waals surface area contributed by atoms with Crippen molar-refractivity contribution in [3.63, 3.8) is 0 Å². The van der Waals surface area contributed by atoms with Crippen LogP contribution >= 0.6 is 0 Å². The van der Waals surface area contributed by atoms with Crippen LogP contribution in [0, 0.1) is 18.5 Å². The Bertz CT molecular complexity index is 4270. The molecule has 0 radical (unpaired) electrons. The minimum Gasteiger partial charge on any atom is -0.456 e. The van der Waals surface area contributed by atoms with E-state index in [1.807, 2.05) is 117 Å². The molecule has 69 heavy (non-hydrogen) atoms. The summed E-state index contributed by atoms with van der Waals surface area (Å²) in [6.45, 7) is 13.1. The Morgan fingerprint density at radius 1 is 0.623 bits per heavy atom. The van der Waals surface area contributed by atoms with Crippen LogP contribution in [0.3, 0.4) is 0 Å². The number of rotatable bonds is 7. The predicted molar refractivity (Wildman–Crippen MR) is 278 cm³/mol. The van der Waals surface area contributed by atoms with Crippen molar-refractivity contribution < 1.29 is 39.6 Å². The molecule has 0 fully saturated rings. The van der Waals surface area contributed by atoms with Gasteiger partial charge in [-0.3, -0.25) is 4.57 Å². The molecule has 0 saturated heterocycles. The topological polar surface area (TPSA) is 39.8 Å². The van der Waals surface area contributed by atoms with Crippen molar-refractivity contribution in [1.29, 1.82) is 0 Å². The van der Waals surface area contributed by atoms with E-state index in [9.17, 15) is 5.48 Å². The first-order valence-corrected chi connectivity index (χ1v) is 22.9. The van der Waals surface area contributed by atoms with Crippen LogP contribution in [0.15, 0.2) is 186 Å². The predicted octanol–water partition coefficient (Wildman–Crippen LogP) is 15.2. The molecule has 340 valence electrons. The summed E-state index contributed by atoms with van der Waals surface area (Å²) < 4.78 is 76.3. The van der Waals surface area contributed by atoms with Crippen molar-refractivity contribution in [1.82, 2.24) is 14.1 Å². The summed E-state index contributed by atoms with van der Waals surface area (Å²) in [5.41, 5.74) is 10.1. The maximum absolute atomic E-state index is 9.89. The number of imidazole rings is 1. The van der Waals surface area contributed by atoms with Crippen molar-refractivity contribution in [3.05, 3.63) is 223 Å². The fourth-order valence-electron chi connectivity index (χ4n) is 9.47. The first-order valence-electron chi connectivity index (χ1n) is 26.4. The molecule has 5 nitrogen and oxygen atoms in total. The second-order valence-corrected chi connectivity index (χ2v) is 19.4. The van der Waals surface area contributed by atoms with E-state index in [2.05, 4.69) is 84.3 Å². The zero-order valence-corrected chi connectivity index (χ0v) is 41.2. The number of para-hydroxylation sites is 5. The van der Waals surface area contributed by atoms with E-state index >= 15 is 0 Å². The smallest absolute Gasteiger partial charge is 0.268 e. The summed E-state index contributed by atoms with van der Waals surface area (Å²) >= 11 is 0. The molecule has 12 rings (SSSR count). The summed E-state index contributed by atoms with van der Waals surface area (Å²) in [6.07, 6.45) is 3.25. The number of aromatic nitrogens is 4. The molecule has 0 unspecified atom stereocenters. The van der Waals surface area contributed by atoms with Crippen LogP contribution in [0.1, 0.15) is 73.4 Å². The van der Waals surface area contributed by atoms with Crippen LogP contribution in [-0.4, -0.2) is 14.1 Å². The van der Waals surface area contributed by atoms with Gasteiger partial charge in [-0.25, -0.2) is 4.98 Å². The Kier molecular flexibility index (Phi) is 9.04. The SMILES string of the molecule is [2H]c1c([2H])c([2H])c(-c2cccc(-c3cc(C(C)(C)C)cc(C(C)(C)C)c3)c2-[n+]2[c-]n(-c3[c-]c(C([2H])([2H])c4[c-]c5c(cc4)c4ccccc4n5-c4nccc5oc6ccccc6c45)ccc3)c3ccccc32)c([2H])c1[2H].[Pt]. The molecule has 4 aromatic heterocycles. The Morgan fingerprint density at radius 3 is 2.06 bits per heavy atom. The molecule has 0 aliphatic heterocycles. The molecule has 4 heterocycles. The van der Waals surface area contributed by atoms with Crippen molar-refractivity contribution in [3.8, 4) is 39.4 Å². The normalized spacial score (nSPS) is 13.8. The molecule has 0 bridgehead atoms. The maximum Gasteiger partial charge on any atom is 0.268 e. The van der Waals surface area contributed by atoms with Crippen LogP contribution in [0.25, 0.3) is 94.2 Å². The molecule has 6 heteroatoms. The van der Waals surface area contributed by atoms with Gasteiger partial charge in [-0.1, -0.05) is 174 Å². The molecule has 0 saturated carbocycles. The van der Waals surface area contributed by atoms with Gasteiger partial charge in [-0.2, -0.15) is 53.6 Å².